The Labute approximate surface area is 121 Å². The topological polar surface area (TPSA) is 18.5 Å². The summed E-state index contributed by atoms with van der Waals surface area (Å²) in [5.74, 6) is 0. The maximum Gasteiger partial charge on any atom is 0.217 e. The zero-order chi connectivity index (χ0) is 14.7. The van der Waals surface area contributed by atoms with E-state index in [1.54, 1.807) is 0 Å². The molecular formula is C15H32O2Si2. The van der Waals surface area contributed by atoms with Crippen LogP contribution in [-0.4, -0.2) is 29.3 Å². The fraction of sp³-hybridized carbons (Fsp3) is 0.867. The average Bonchev–Trinajstić information content (AvgIpc) is 2.72. The van der Waals surface area contributed by atoms with Gasteiger partial charge in [-0.05, 0) is 36.6 Å². The summed E-state index contributed by atoms with van der Waals surface area (Å²) in [7, 11) is -3.10. The van der Waals surface area contributed by atoms with Gasteiger partial charge in [-0.3, -0.25) is 0 Å². The van der Waals surface area contributed by atoms with E-state index in [4.69, 9.17) is 8.85 Å². The predicted molar refractivity (Wildman–Crippen MR) is 88.5 cm³/mol. The van der Waals surface area contributed by atoms with Gasteiger partial charge < -0.3 is 8.85 Å². The Morgan fingerprint density at radius 2 is 1.79 bits per heavy atom. The second kappa shape index (κ2) is 6.25. The number of hydrogen-bond donors (Lipinski definition) is 0. The van der Waals surface area contributed by atoms with Crippen LogP contribution in [0.15, 0.2) is 11.8 Å². The lowest BCUT2D eigenvalue weighted by Gasteiger charge is -2.36. The molecule has 112 valence electrons. The van der Waals surface area contributed by atoms with Gasteiger partial charge in [-0.15, -0.1) is 0 Å². The fourth-order valence-electron chi connectivity index (χ4n) is 2.12. The second-order valence-electron chi connectivity index (χ2n) is 7.18. The van der Waals surface area contributed by atoms with Crippen LogP contribution < -0.4 is 0 Å². The average molecular weight is 301 g/mol. The molecule has 4 heteroatoms. The highest BCUT2D eigenvalue weighted by Crippen LogP contribution is 2.37. The van der Waals surface area contributed by atoms with Crippen molar-refractivity contribution in [3.05, 3.63) is 11.8 Å². The summed E-state index contributed by atoms with van der Waals surface area (Å²) in [4.78, 5) is 0. The summed E-state index contributed by atoms with van der Waals surface area (Å²) in [6.45, 7) is 16.9. The first-order chi connectivity index (χ1) is 8.66. The van der Waals surface area contributed by atoms with Crippen LogP contribution in [0.4, 0.5) is 0 Å². The van der Waals surface area contributed by atoms with Gasteiger partial charge in [-0.2, -0.15) is 0 Å². The monoisotopic (exact) mass is 300 g/mol. The molecule has 1 aliphatic heterocycles. The van der Waals surface area contributed by atoms with Crippen LogP contribution in [0.2, 0.25) is 30.2 Å². The summed E-state index contributed by atoms with van der Waals surface area (Å²) < 4.78 is 12.5. The predicted octanol–water partition coefficient (Wildman–Crippen LogP) is 4.88. The Morgan fingerprint density at radius 1 is 1.21 bits per heavy atom. The lowest BCUT2D eigenvalue weighted by Crippen LogP contribution is -2.41. The second-order valence-corrected chi connectivity index (χ2v) is 16.1. The van der Waals surface area contributed by atoms with Crippen LogP contribution in [0, 0.1) is 0 Å². The normalized spacial score (nSPS) is 23.0. The minimum Gasteiger partial charge on any atom is -0.417 e. The fourth-order valence-corrected chi connectivity index (χ4v) is 5.93. The van der Waals surface area contributed by atoms with Gasteiger partial charge in [-0.25, -0.2) is 0 Å². The molecule has 0 radical (unpaired) electrons. The van der Waals surface area contributed by atoms with Crippen LogP contribution in [0.5, 0.6) is 0 Å². The molecule has 0 saturated heterocycles. The van der Waals surface area contributed by atoms with Crippen molar-refractivity contribution in [1.82, 2.24) is 0 Å². The maximum absolute atomic E-state index is 6.31. The molecule has 0 aromatic carbocycles. The van der Waals surface area contributed by atoms with Gasteiger partial charge >= 0.3 is 0 Å². The van der Waals surface area contributed by atoms with E-state index in [2.05, 4.69) is 59.5 Å². The lowest BCUT2D eigenvalue weighted by molar-refractivity contribution is 0.191. The van der Waals surface area contributed by atoms with Crippen molar-refractivity contribution in [2.75, 3.05) is 6.61 Å². The highest BCUT2D eigenvalue weighted by atomic mass is 28.4. The van der Waals surface area contributed by atoms with Gasteiger partial charge in [-0.1, -0.05) is 46.4 Å². The van der Waals surface area contributed by atoms with E-state index < -0.39 is 16.6 Å². The van der Waals surface area contributed by atoms with Crippen molar-refractivity contribution in [3.8, 4) is 0 Å². The summed E-state index contributed by atoms with van der Waals surface area (Å²) in [5.41, 5.74) is 2.39. The molecule has 1 atom stereocenters. The number of hydrogen-bond acceptors (Lipinski definition) is 2. The Hall–Kier alpha value is 0.0938. The van der Waals surface area contributed by atoms with Crippen LogP contribution in [0.1, 0.15) is 41.0 Å². The van der Waals surface area contributed by atoms with Gasteiger partial charge in [0.1, 0.15) is 0 Å². The highest BCUT2D eigenvalue weighted by Gasteiger charge is 2.38. The minimum absolute atomic E-state index is 0.296. The van der Waals surface area contributed by atoms with E-state index in [0.717, 1.165) is 13.0 Å². The van der Waals surface area contributed by atoms with Gasteiger partial charge in [0, 0.05) is 6.61 Å². The highest BCUT2D eigenvalue weighted by molar-refractivity contribution is 6.79. The van der Waals surface area contributed by atoms with Crippen LogP contribution in [0.3, 0.4) is 0 Å². The molecule has 0 amide bonds. The Bertz CT molecular complexity index is 315. The van der Waals surface area contributed by atoms with Crippen molar-refractivity contribution in [1.29, 1.82) is 0 Å². The van der Waals surface area contributed by atoms with E-state index >= 15 is 0 Å². The lowest BCUT2D eigenvalue weighted by atomic mass is 10.2. The SMILES string of the molecule is CC[Si]1(CC)C=CC(CCO[Si](C)(C)C(C)(C)C)O1. The molecule has 1 heterocycles. The van der Waals surface area contributed by atoms with Crippen LogP contribution in [-0.2, 0) is 8.85 Å². The zero-order valence-corrected chi connectivity index (χ0v) is 15.9. The van der Waals surface area contributed by atoms with E-state index in [1.807, 2.05) is 0 Å². The molecule has 1 unspecified atom stereocenters. The van der Waals surface area contributed by atoms with Crippen molar-refractivity contribution < 1.29 is 8.85 Å². The third kappa shape index (κ3) is 4.28. The van der Waals surface area contributed by atoms with E-state index in [-0.39, 0.29) is 0 Å². The van der Waals surface area contributed by atoms with Crippen LogP contribution in [0.25, 0.3) is 0 Å². The Balaban J connectivity index is 2.39. The first-order valence-corrected chi connectivity index (χ1v) is 13.0. The van der Waals surface area contributed by atoms with Crippen molar-refractivity contribution >= 4 is 16.6 Å². The van der Waals surface area contributed by atoms with Crippen molar-refractivity contribution in [2.45, 2.75) is 77.4 Å². The summed E-state index contributed by atoms with van der Waals surface area (Å²) in [5, 5.41) is 0.296. The molecule has 2 nitrogen and oxygen atoms in total. The summed E-state index contributed by atoms with van der Waals surface area (Å²) in [6, 6.07) is 2.39. The van der Waals surface area contributed by atoms with E-state index in [9.17, 15) is 0 Å². The van der Waals surface area contributed by atoms with Gasteiger partial charge in [0.2, 0.25) is 8.32 Å². The largest absolute Gasteiger partial charge is 0.417 e. The summed E-state index contributed by atoms with van der Waals surface area (Å²) in [6.07, 6.45) is 3.60. The summed E-state index contributed by atoms with van der Waals surface area (Å²) >= 11 is 0. The maximum atomic E-state index is 6.31. The van der Waals surface area contributed by atoms with Crippen LogP contribution >= 0.6 is 0 Å². The molecule has 1 aliphatic rings. The molecular weight excluding hydrogens is 268 g/mol. The minimum atomic E-state index is -1.60. The zero-order valence-electron chi connectivity index (χ0n) is 13.9. The Kier molecular flexibility index (Phi) is 5.64. The van der Waals surface area contributed by atoms with Gasteiger partial charge in [0.25, 0.3) is 0 Å². The quantitative estimate of drug-likeness (QED) is 0.651. The molecule has 0 fully saturated rings. The third-order valence-electron chi connectivity index (χ3n) is 4.87. The molecule has 0 aromatic rings. The first-order valence-electron chi connectivity index (χ1n) is 7.67. The first kappa shape index (κ1) is 17.1. The smallest absolute Gasteiger partial charge is 0.217 e. The molecule has 0 bridgehead atoms. The van der Waals surface area contributed by atoms with E-state index in [1.165, 1.54) is 12.1 Å². The van der Waals surface area contributed by atoms with Crippen molar-refractivity contribution in [2.24, 2.45) is 0 Å². The third-order valence-corrected chi connectivity index (χ3v) is 13.4. The van der Waals surface area contributed by atoms with E-state index in [0.29, 0.717) is 11.1 Å². The molecule has 0 aromatic heterocycles. The standard InChI is InChI=1S/C15H32O2Si2/c1-8-19(9-2)13-11-14(17-19)10-12-16-18(6,7)15(3,4)5/h11,13-14H,8-10,12H2,1-7H3. The molecule has 0 spiro atoms. The molecule has 1 rings (SSSR count). The molecule has 0 saturated carbocycles. The van der Waals surface area contributed by atoms with Gasteiger partial charge in [0.05, 0.1) is 6.10 Å². The van der Waals surface area contributed by atoms with Crippen molar-refractivity contribution in [3.63, 3.8) is 0 Å². The molecule has 0 N–H and O–H groups in total. The molecule has 0 aliphatic carbocycles. The number of rotatable bonds is 6. The van der Waals surface area contributed by atoms with Gasteiger partial charge in [0.15, 0.2) is 8.32 Å². The molecule has 19 heavy (non-hydrogen) atoms. The Morgan fingerprint density at radius 3 is 2.21 bits per heavy atom.